The normalized spacial score (nSPS) is 14.4. The molecular formula is C11H14FNO3. The first-order chi connectivity index (χ1) is 7.39. The fraction of sp³-hybridized carbons (Fsp3) is 0.364. The van der Waals surface area contributed by atoms with Gasteiger partial charge >= 0.3 is 5.97 Å². The van der Waals surface area contributed by atoms with Crippen LogP contribution in [0.1, 0.15) is 12.5 Å². The summed E-state index contributed by atoms with van der Waals surface area (Å²) in [5.74, 6) is -2.19. The first kappa shape index (κ1) is 12.4. The number of hydrogen-bond acceptors (Lipinski definition) is 3. The van der Waals surface area contributed by atoms with Crippen molar-refractivity contribution in [2.45, 2.75) is 18.9 Å². The van der Waals surface area contributed by atoms with E-state index >= 15 is 0 Å². The highest BCUT2D eigenvalue weighted by Gasteiger charge is 2.31. The Morgan fingerprint density at radius 2 is 2.19 bits per heavy atom. The highest BCUT2D eigenvalue weighted by Crippen LogP contribution is 2.20. The molecule has 0 saturated heterocycles. The predicted octanol–water partition coefficient (Wildman–Crippen LogP) is 1.14. The lowest BCUT2D eigenvalue weighted by Gasteiger charge is -2.24. The highest BCUT2D eigenvalue weighted by atomic mass is 19.1. The lowest BCUT2D eigenvalue weighted by molar-refractivity contribution is -0.143. The van der Waals surface area contributed by atoms with Gasteiger partial charge in [0.2, 0.25) is 0 Å². The monoisotopic (exact) mass is 227 g/mol. The van der Waals surface area contributed by atoms with Gasteiger partial charge in [0.15, 0.2) is 11.6 Å². The SMILES string of the molecule is CN[C@@](C)(Cc1ccc(F)c(O)c1)C(=O)O. The molecule has 1 aromatic rings. The van der Waals surface area contributed by atoms with Gasteiger partial charge in [0.05, 0.1) is 0 Å². The summed E-state index contributed by atoms with van der Waals surface area (Å²) in [6.07, 6.45) is 0.159. The van der Waals surface area contributed by atoms with Crippen molar-refractivity contribution >= 4 is 5.97 Å². The van der Waals surface area contributed by atoms with Crippen LogP contribution in [0.3, 0.4) is 0 Å². The Balaban J connectivity index is 2.95. The number of phenolic OH excluding ortho intramolecular Hbond substituents is 1. The maximum absolute atomic E-state index is 12.8. The van der Waals surface area contributed by atoms with Crippen molar-refractivity contribution in [1.82, 2.24) is 5.32 Å². The number of nitrogens with one attached hydrogen (secondary N) is 1. The number of likely N-dealkylation sites (N-methyl/N-ethyl adjacent to an activating group) is 1. The molecule has 0 aromatic heterocycles. The molecule has 5 heteroatoms. The second-order valence-corrected chi connectivity index (χ2v) is 3.85. The molecule has 4 nitrogen and oxygen atoms in total. The molecule has 0 aliphatic carbocycles. The van der Waals surface area contributed by atoms with Gasteiger partial charge in [-0.15, -0.1) is 0 Å². The number of phenols is 1. The maximum atomic E-state index is 12.8. The molecule has 0 saturated carbocycles. The molecule has 0 radical (unpaired) electrons. The van der Waals surface area contributed by atoms with E-state index in [1.165, 1.54) is 26.1 Å². The van der Waals surface area contributed by atoms with Crippen LogP contribution >= 0.6 is 0 Å². The summed E-state index contributed by atoms with van der Waals surface area (Å²) in [6.45, 7) is 1.52. The Morgan fingerprint density at radius 1 is 1.56 bits per heavy atom. The van der Waals surface area contributed by atoms with E-state index in [0.29, 0.717) is 5.56 Å². The molecule has 0 unspecified atom stereocenters. The molecule has 16 heavy (non-hydrogen) atoms. The number of hydrogen-bond donors (Lipinski definition) is 3. The van der Waals surface area contributed by atoms with E-state index in [1.807, 2.05) is 0 Å². The summed E-state index contributed by atoms with van der Waals surface area (Å²) >= 11 is 0. The first-order valence-corrected chi connectivity index (χ1v) is 4.79. The van der Waals surface area contributed by atoms with Gasteiger partial charge in [-0.1, -0.05) is 6.07 Å². The molecule has 0 heterocycles. The zero-order valence-electron chi connectivity index (χ0n) is 9.12. The van der Waals surface area contributed by atoms with Crippen molar-refractivity contribution in [3.63, 3.8) is 0 Å². The molecule has 1 aromatic carbocycles. The Labute approximate surface area is 92.7 Å². The smallest absolute Gasteiger partial charge is 0.323 e. The van der Waals surface area contributed by atoms with Gasteiger partial charge in [-0.25, -0.2) is 4.39 Å². The number of halogens is 1. The largest absolute Gasteiger partial charge is 0.505 e. The van der Waals surface area contributed by atoms with E-state index in [9.17, 15) is 9.18 Å². The molecule has 0 aliphatic rings. The number of benzene rings is 1. The van der Waals surface area contributed by atoms with E-state index in [2.05, 4.69) is 5.32 Å². The second kappa shape index (κ2) is 4.49. The molecule has 3 N–H and O–H groups in total. The number of aliphatic carboxylic acids is 1. The van der Waals surface area contributed by atoms with Gasteiger partial charge in [0, 0.05) is 6.42 Å². The van der Waals surface area contributed by atoms with Crippen molar-refractivity contribution in [2.24, 2.45) is 0 Å². The lowest BCUT2D eigenvalue weighted by atomic mass is 9.93. The minimum Gasteiger partial charge on any atom is -0.505 e. The highest BCUT2D eigenvalue weighted by molar-refractivity contribution is 5.78. The Kier molecular flexibility index (Phi) is 3.49. The lowest BCUT2D eigenvalue weighted by Crippen LogP contribution is -2.49. The summed E-state index contributed by atoms with van der Waals surface area (Å²) in [6, 6.07) is 3.80. The number of carbonyl (C=O) groups is 1. The molecule has 88 valence electrons. The Hall–Kier alpha value is -1.62. The molecule has 1 atom stereocenters. The quantitative estimate of drug-likeness (QED) is 0.721. The minimum absolute atomic E-state index is 0.159. The number of aromatic hydroxyl groups is 1. The standard InChI is InChI=1S/C11H14FNO3/c1-11(13-2,10(15)16)6-7-3-4-8(12)9(14)5-7/h3-5,13-14H,6H2,1-2H3,(H,15,16)/t11-/m0/s1. The summed E-state index contributed by atoms with van der Waals surface area (Å²) in [5.41, 5.74) is -0.581. The third-order valence-corrected chi connectivity index (χ3v) is 2.59. The van der Waals surface area contributed by atoms with Crippen LogP contribution < -0.4 is 5.32 Å². The second-order valence-electron chi connectivity index (χ2n) is 3.85. The van der Waals surface area contributed by atoms with Gasteiger partial charge in [0.1, 0.15) is 5.54 Å². The first-order valence-electron chi connectivity index (χ1n) is 4.79. The van der Waals surface area contributed by atoms with Crippen molar-refractivity contribution in [3.8, 4) is 5.75 Å². The van der Waals surface area contributed by atoms with Gasteiger partial charge < -0.3 is 15.5 Å². The van der Waals surface area contributed by atoms with Crippen LogP contribution in [-0.2, 0) is 11.2 Å². The van der Waals surface area contributed by atoms with Crippen LogP contribution in [-0.4, -0.2) is 28.8 Å². The molecular weight excluding hydrogens is 213 g/mol. The third kappa shape index (κ3) is 2.49. The maximum Gasteiger partial charge on any atom is 0.323 e. The summed E-state index contributed by atoms with van der Waals surface area (Å²) in [5, 5.41) is 20.9. The van der Waals surface area contributed by atoms with E-state index < -0.39 is 23.1 Å². The van der Waals surface area contributed by atoms with Crippen molar-refractivity contribution in [2.75, 3.05) is 7.05 Å². The van der Waals surface area contributed by atoms with E-state index in [1.54, 1.807) is 0 Å². The topological polar surface area (TPSA) is 69.6 Å². The molecule has 0 bridgehead atoms. The zero-order chi connectivity index (χ0) is 12.3. The van der Waals surface area contributed by atoms with Gasteiger partial charge in [-0.3, -0.25) is 4.79 Å². The molecule has 0 spiro atoms. The van der Waals surface area contributed by atoms with Gasteiger partial charge in [0.25, 0.3) is 0 Å². The minimum atomic E-state index is -1.13. The average Bonchev–Trinajstić information content (AvgIpc) is 2.23. The van der Waals surface area contributed by atoms with Crippen LogP contribution in [0, 0.1) is 5.82 Å². The van der Waals surface area contributed by atoms with Crippen LogP contribution in [0.15, 0.2) is 18.2 Å². The van der Waals surface area contributed by atoms with E-state index in [0.717, 1.165) is 6.07 Å². The van der Waals surface area contributed by atoms with Crippen molar-refractivity contribution in [1.29, 1.82) is 0 Å². The Morgan fingerprint density at radius 3 is 2.62 bits per heavy atom. The third-order valence-electron chi connectivity index (χ3n) is 2.59. The van der Waals surface area contributed by atoms with Gasteiger partial charge in [-0.2, -0.15) is 0 Å². The summed E-state index contributed by atoms with van der Waals surface area (Å²) in [7, 11) is 1.54. The van der Waals surface area contributed by atoms with Crippen LogP contribution in [0.2, 0.25) is 0 Å². The van der Waals surface area contributed by atoms with Crippen LogP contribution in [0.5, 0.6) is 5.75 Å². The zero-order valence-corrected chi connectivity index (χ0v) is 9.12. The Bertz CT molecular complexity index is 408. The average molecular weight is 227 g/mol. The summed E-state index contributed by atoms with van der Waals surface area (Å²) < 4.78 is 12.8. The van der Waals surface area contributed by atoms with E-state index in [-0.39, 0.29) is 6.42 Å². The summed E-state index contributed by atoms with van der Waals surface area (Å²) in [4.78, 5) is 11.0. The number of rotatable bonds is 4. The number of carboxylic acid groups (broad SMARTS) is 1. The fourth-order valence-electron chi connectivity index (χ4n) is 1.35. The fourth-order valence-corrected chi connectivity index (χ4v) is 1.35. The number of carboxylic acids is 1. The predicted molar refractivity (Wildman–Crippen MR) is 56.9 cm³/mol. The molecule has 0 amide bonds. The molecule has 0 aliphatic heterocycles. The van der Waals surface area contributed by atoms with Gasteiger partial charge in [-0.05, 0) is 31.7 Å². The van der Waals surface area contributed by atoms with Crippen molar-refractivity contribution in [3.05, 3.63) is 29.6 Å². The van der Waals surface area contributed by atoms with E-state index in [4.69, 9.17) is 10.2 Å². The molecule has 1 rings (SSSR count). The van der Waals surface area contributed by atoms with Crippen molar-refractivity contribution < 1.29 is 19.4 Å². The van der Waals surface area contributed by atoms with Crippen LogP contribution in [0.4, 0.5) is 4.39 Å². The van der Waals surface area contributed by atoms with Crippen LogP contribution in [0.25, 0.3) is 0 Å². The molecule has 0 fully saturated rings.